The molecule has 1 aliphatic heterocycles. The van der Waals surface area contributed by atoms with Crippen molar-refractivity contribution >= 4 is 34.5 Å². The van der Waals surface area contributed by atoms with Crippen molar-refractivity contribution in [1.82, 2.24) is 9.97 Å². The summed E-state index contributed by atoms with van der Waals surface area (Å²) in [6, 6.07) is 8.69. The first-order valence-corrected chi connectivity index (χ1v) is 10.2. The number of nitrogens with zero attached hydrogens (tertiary/aromatic N) is 1. The predicted octanol–water partition coefficient (Wildman–Crippen LogP) is 3.37. The molecule has 170 valence electrons. The molecule has 0 saturated heterocycles. The van der Waals surface area contributed by atoms with Crippen LogP contribution in [-0.2, 0) is 14.3 Å². The van der Waals surface area contributed by atoms with Gasteiger partial charge in [0.05, 0.1) is 5.60 Å². The molecule has 0 fully saturated rings. The number of carboxylic acid groups (broad SMARTS) is 1. The van der Waals surface area contributed by atoms with Crippen molar-refractivity contribution in [2.45, 2.75) is 26.4 Å². The summed E-state index contributed by atoms with van der Waals surface area (Å²) in [5.41, 5.74) is 1.11. The lowest BCUT2D eigenvalue weighted by atomic mass is 10.1. The second-order valence-corrected chi connectivity index (χ2v) is 8.30. The summed E-state index contributed by atoms with van der Waals surface area (Å²) in [7, 11) is 0. The summed E-state index contributed by atoms with van der Waals surface area (Å²) < 4.78 is 11.2. The maximum atomic E-state index is 12.8. The van der Waals surface area contributed by atoms with Crippen LogP contribution in [0.4, 0.5) is 5.69 Å². The molecule has 2 aromatic heterocycles. The molecule has 33 heavy (non-hydrogen) atoms. The van der Waals surface area contributed by atoms with Crippen molar-refractivity contribution in [3.05, 3.63) is 71.1 Å². The number of benzene rings is 1. The number of pyridine rings is 1. The molecule has 1 aromatic carbocycles. The van der Waals surface area contributed by atoms with E-state index in [1.54, 1.807) is 57.4 Å². The number of carbonyl (C=O) groups excluding carboxylic acids is 1. The van der Waals surface area contributed by atoms with Crippen molar-refractivity contribution in [2.75, 3.05) is 11.9 Å². The van der Waals surface area contributed by atoms with Gasteiger partial charge in [0.1, 0.15) is 18.0 Å². The molecular weight excluding hydrogens is 426 g/mol. The van der Waals surface area contributed by atoms with Crippen LogP contribution in [0.15, 0.2) is 59.9 Å². The number of H-pyrrole nitrogens is 1. The molecule has 0 aliphatic carbocycles. The van der Waals surface area contributed by atoms with Gasteiger partial charge in [0, 0.05) is 29.0 Å². The third-order valence-corrected chi connectivity index (χ3v) is 4.91. The Morgan fingerprint density at radius 2 is 2.12 bits per heavy atom. The number of aromatic nitrogens is 2. The minimum Gasteiger partial charge on any atom is -0.491 e. The number of ketones is 1. The van der Waals surface area contributed by atoms with Gasteiger partial charge in [-0.25, -0.2) is 9.78 Å². The second kappa shape index (κ2) is 8.44. The van der Waals surface area contributed by atoms with E-state index in [0.717, 1.165) is 10.9 Å². The average molecular weight is 449 g/mol. The number of rotatable bonds is 7. The summed E-state index contributed by atoms with van der Waals surface area (Å²) in [5, 5.41) is 23.1. The highest BCUT2D eigenvalue weighted by Gasteiger charge is 2.36. The molecule has 0 radical (unpaired) electrons. The Morgan fingerprint density at radius 3 is 2.82 bits per heavy atom. The van der Waals surface area contributed by atoms with Crippen LogP contribution >= 0.6 is 0 Å². The first-order chi connectivity index (χ1) is 15.6. The fourth-order valence-corrected chi connectivity index (χ4v) is 3.30. The number of nitrogens with one attached hydrogen (secondary N) is 2. The van der Waals surface area contributed by atoms with Crippen molar-refractivity contribution in [3.63, 3.8) is 0 Å². The minimum absolute atomic E-state index is 0.109. The van der Waals surface area contributed by atoms with Gasteiger partial charge in [-0.3, -0.25) is 4.79 Å². The van der Waals surface area contributed by atoms with Gasteiger partial charge in [0.25, 0.3) is 0 Å². The monoisotopic (exact) mass is 449 g/mol. The Morgan fingerprint density at radius 1 is 1.33 bits per heavy atom. The summed E-state index contributed by atoms with van der Waals surface area (Å²) in [6.45, 7) is 5.19. The molecule has 0 bridgehead atoms. The average Bonchev–Trinajstić information content (AvgIpc) is 3.29. The zero-order valence-electron chi connectivity index (χ0n) is 18.3. The fourth-order valence-electron chi connectivity index (χ4n) is 3.30. The molecule has 0 atom stereocenters. The number of aryl methyl sites for hydroxylation is 1. The first kappa shape index (κ1) is 22.1. The Labute approximate surface area is 189 Å². The topological polar surface area (TPSA) is 134 Å². The van der Waals surface area contributed by atoms with Crippen molar-refractivity contribution in [1.29, 1.82) is 0 Å². The van der Waals surface area contributed by atoms with Crippen LogP contribution in [0.25, 0.3) is 17.1 Å². The third kappa shape index (κ3) is 4.73. The van der Waals surface area contributed by atoms with Gasteiger partial charge in [0.2, 0.25) is 11.7 Å². The second-order valence-electron chi connectivity index (χ2n) is 8.30. The molecule has 0 amide bonds. The minimum atomic E-state index is -1.39. The Balaban J connectivity index is 1.59. The highest BCUT2D eigenvalue weighted by molar-refractivity contribution is 6.26. The van der Waals surface area contributed by atoms with Crippen molar-refractivity contribution < 1.29 is 29.3 Å². The maximum absolute atomic E-state index is 12.8. The summed E-state index contributed by atoms with van der Waals surface area (Å²) >= 11 is 0. The number of hydrogen-bond acceptors (Lipinski definition) is 7. The standard InChI is InChI=1S/C24H23N3O6/c1-13-9-15(32-12-24(2,3)31)6-7-17(13)27-22-19(23(29)30)20(28)18(33-22)10-14-11-26-21-16(14)5-4-8-25-21/h4-11,27,31H,12H2,1-3H3,(H,25,26)(H,29,30)/b18-10-. The number of hydrogen-bond donors (Lipinski definition) is 4. The zero-order chi connectivity index (χ0) is 23.8. The number of carbonyl (C=O) groups is 2. The molecule has 4 rings (SSSR count). The van der Waals surface area contributed by atoms with Gasteiger partial charge < -0.3 is 30.0 Å². The summed E-state index contributed by atoms with van der Waals surface area (Å²) in [5.74, 6) is -1.85. The number of carboxylic acids is 1. The molecule has 0 unspecified atom stereocenters. The number of aromatic amines is 1. The Kier molecular flexibility index (Phi) is 5.65. The van der Waals surface area contributed by atoms with Crippen LogP contribution in [0, 0.1) is 6.92 Å². The van der Waals surface area contributed by atoms with E-state index in [1.807, 2.05) is 6.07 Å². The normalized spacial score (nSPS) is 15.3. The number of aliphatic carboxylic acids is 1. The van der Waals surface area contributed by atoms with Gasteiger partial charge >= 0.3 is 5.97 Å². The van der Waals surface area contributed by atoms with Crippen LogP contribution in [0.2, 0.25) is 0 Å². The van der Waals surface area contributed by atoms with Crippen LogP contribution < -0.4 is 10.1 Å². The molecular formula is C24H23N3O6. The van der Waals surface area contributed by atoms with Crippen LogP contribution in [0.5, 0.6) is 5.75 Å². The van der Waals surface area contributed by atoms with Gasteiger partial charge in [-0.1, -0.05) is 0 Å². The van der Waals surface area contributed by atoms with Crippen molar-refractivity contribution in [3.8, 4) is 5.75 Å². The molecule has 9 heteroatoms. The number of anilines is 1. The van der Waals surface area contributed by atoms with E-state index in [4.69, 9.17) is 9.47 Å². The van der Waals surface area contributed by atoms with Gasteiger partial charge in [0.15, 0.2) is 11.3 Å². The lowest BCUT2D eigenvalue weighted by molar-refractivity contribution is -0.134. The molecule has 9 nitrogen and oxygen atoms in total. The molecule has 0 spiro atoms. The number of allylic oxidation sites excluding steroid dienone is 1. The number of ether oxygens (including phenoxy) is 2. The zero-order valence-corrected chi connectivity index (χ0v) is 18.3. The highest BCUT2D eigenvalue weighted by Crippen LogP contribution is 2.31. The Bertz CT molecular complexity index is 1310. The van der Waals surface area contributed by atoms with E-state index in [0.29, 0.717) is 22.6 Å². The number of fused-ring (bicyclic) bond motifs is 1. The predicted molar refractivity (Wildman–Crippen MR) is 121 cm³/mol. The lowest BCUT2D eigenvalue weighted by Crippen LogP contribution is -2.27. The molecule has 1 aliphatic rings. The largest absolute Gasteiger partial charge is 0.491 e. The van der Waals surface area contributed by atoms with E-state index in [2.05, 4.69) is 15.3 Å². The van der Waals surface area contributed by atoms with E-state index < -0.39 is 22.9 Å². The summed E-state index contributed by atoms with van der Waals surface area (Å²) in [4.78, 5) is 31.8. The molecule has 3 heterocycles. The Hall–Kier alpha value is -4.11. The van der Waals surface area contributed by atoms with Gasteiger partial charge in [-0.15, -0.1) is 0 Å². The third-order valence-electron chi connectivity index (χ3n) is 4.91. The van der Waals surface area contributed by atoms with E-state index in [9.17, 15) is 19.8 Å². The highest BCUT2D eigenvalue weighted by atomic mass is 16.5. The lowest BCUT2D eigenvalue weighted by Gasteiger charge is -2.18. The van der Waals surface area contributed by atoms with E-state index in [-0.39, 0.29) is 18.2 Å². The van der Waals surface area contributed by atoms with E-state index >= 15 is 0 Å². The van der Waals surface area contributed by atoms with Crippen LogP contribution in [0.3, 0.4) is 0 Å². The van der Waals surface area contributed by atoms with Gasteiger partial charge in [-0.05, 0) is 62.7 Å². The number of Topliss-reactive ketones (excluding diaryl/α,β-unsaturated/α-hetero) is 1. The number of aliphatic hydroxyl groups is 1. The summed E-state index contributed by atoms with van der Waals surface area (Å²) in [6.07, 6.45) is 4.80. The SMILES string of the molecule is Cc1cc(OCC(C)(C)O)ccc1NC1=C(C(=O)O)C(=O)/C(=C/c2c[nH]c3ncccc23)O1. The smallest absolute Gasteiger partial charge is 0.345 e. The fraction of sp³-hybridized carbons (Fsp3) is 0.208. The first-order valence-electron chi connectivity index (χ1n) is 10.2. The van der Waals surface area contributed by atoms with Crippen LogP contribution in [0.1, 0.15) is 25.0 Å². The van der Waals surface area contributed by atoms with Crippen molar-refractivity contribution in [2.24, 2.45) is 0 Å². The molecule has 3 aromatic rings. The quantitative estimate of drug-likeness (QED) is 0.319. The van der Waals surface area contributed by atoms with Gasteiger partial charge in [-0.2, -0.15) is 0 Å². The molecule has 0 saturated carbocycles. The molecule has 4 N–H and O–H groups in total. The van der Waals surface area contributed by atoms with Crippen LogP contribution in [-0.4, -0.2) is 44.1 Å². The maximum Gasteiger partial charge on any atom is 0.345 e. The van der Waals surface area contributed by atoms with E-state index in [1.165, 1.54) is 6.08 Å².